The summed E-state index contributed by atoms with van der Waals surface area (Å²) in [6.45, 7) is -1.82. The van der Waals surface area contributed by atoms with Crippen LogP contribution < -0.4 is 25.4 Å². The van der Waals surface area contributed by atoms with E-state index in [1.54, 1.807) is 0 Å². The Balaban J connectivity index is 1.57. The molecule has 36 heteroatoms. The summed E-state index contributed by atoms with van der Waals surface area (Å²) < 4.78 is 174. The Morgan fingerprint density at radius 3 is 1.22 bits per heavy atom. The lowest BCUT2D eigenvalue weighted by Gasteiger charge is -2.16. The number of halogens is 4. The molecule has 8 N–H and O–H groups in total. The number of anilines is 5. The molecule has 1 aromatic heterocycles. The number of benzene rings is 4. The van der Waals surface area contributed by atoms with Gasteiger partial charge >= 0.3 is 0 Å². The molecule has 0 radical (unpaired) electrons. The molecule has 0 saturated carbocycles. The zero-order valence-electron chi connectivity index (χ0n) is 33.8. The third kappa shape index (κ3) is 17.3. The number of ether oxygens (including phenoxy) is 2. The first-order valence-corrected chi connectivity index (χ1v) is 27.3. The van der Waals surface area contributed by atoms with Gasteiger partial charge in [0.1, 0.15) is 57.4 Å². The molecule has 0 aliphatic carbocycles. The summed E-state index contributed by atoms with van der Waals surface area (Å²) >= 11 is 24.8. The molecule has 0 fully saturated rings. The highest BCUT2D eigenvalue weighted by atomic mass is 35.5. The quantitative estimate of drug-likeness (QED) is 0.0252. The molecule has 0 bridgehead atoms. The fourth-order valence-corrected chi connectivity index (χ4v) is 8.35. The largest absolute Gasteiger partial charge is 0.490 e. The van der Waals surface area contributed by atoms with E-state index in [1.807, 2.05) is 0 Å². The molecule has 0 aliphatic rings. The maximum Gasteiger partial charge on any atom is 0.296 e. The summed E-state index contributed by atoms with van der Waals surface area (Å²) in [5.41, 5.74) is -0.856. The lowest BCUT2D eigenvalue weighted by atomic mass is 10.2. The minimum absolute atomic E-state index is 0.125. The predicted molar refractivity (Wildman–Crippen MR) is 249 cm³/mol. The zero-order chi connectivity index (χ0) is 51.1. The van der Waals surface area contributed by atoms with E-state index in [0.717, 1.165) is 48.5 Å². The number of aromatic nitrogens is 3. The predicted octanol–water partition coefficient (Wildman–Crippen LogP) is 7.13. The first-order chi connectivity index (χ1) is 31.9. The molecular formula is C33H30Cl4N10O17S5. The summed E-state index contributed by atoms with van der Waals surface area (Å²) in [6.07, 6.45) is 0. The maximum absolute atomic E-state index is 11.7. The zero-order valence-corrected chi connectivity index (χ0v) is 40.9. The minimum atomic E-state index is -4.77. The normalized spacial score (nSPS) is 12.7. The maximum atomic E-state index is 11.7. The first-order valence-electron chi connectivity index (χ1n) is 18.1. The third-order valence-corrected chi connectivity index (χ3v) is 13.4. The van der Waals surface area contributed by atoms with Gasteiger partial charge in [-0.3, -0.25) is 22.8 Å². The summed E-state index contributed by atoms with van der Waals surface area (Å²) in [5.74, 6) is -4.36. The van der Waals surface area contributed by atoms with Gasteiger partial charge in [-0.05, 0) is 48.5 Å². The van der Waals surface area contributed by atoms with Gasteiger partial charge in [0.05, 0.1) is 48.6 Å². The van der Waals surface area contributed by atoms with Crippen molar-refractivity contribution < 1.29 is 74.3 Å². The molecule has 1 heterocycles. The highest BCUT2D eigenvalue weighted by Gasteiger charge is 2.20. The lowest BCUT2D eigenvalue weighted by Crippen LogP contribution is -2.17. The van der Waals surface area contributed by atoms with E-state index in [-0.39, 0.29) is 71.7 Å². The van der Waals surface area contributed by atoms with Crippen LogP contribution in [0, 0.1) is 0 Å². The molecule has 4 aromatic carbocycles. The number of nitrogens with one attached hydrogen (secondary N) is 3. The highest BCUT2D eigenvalue weighted by Crippen LogP contribution is 2.41. The van der Waals surface area contributed by atoms with E-state index in [2.05, 4.69) is 51.4 Å². The van der Waals surface area contributed by atoms with Gasteiger partial charge in [-0.1, -0.05) is 46.4 Å². The molecule has 0 spiro atoms. The molecule has 0 atom stereocenters. The van der Waals surface area contributed by atoms with E-state index in [9.17, 15) is 64.9 Å². The van der Waals surface area contributed by atoms with E-state index in [4.69, 9.17) is 55.9 Å². The first kappa shape index (κ1) is 54.7. The van der Waals surface area contributed by atoms with Crippen LogP contribution >= 0.6 is 46.4 Å². The van der Waals surface area contributed by atoms with Crippen molar-refractivity contribution in [3.05, 3.63) is 80.8 Å². The Morgan fingerprint density at radius 2 is 0.855 bits per heavy atom. The molecule has 69 heavy (non-hydrogen) atoms. The van der Waals surface area contributed by atoms with Crippen LogP contribution in [-0.4, -0.2) is 117 Å². The van der Waals surface area contributed by atoms with Crippen LogP contribution in [0.4, 0.5) is 52.0 Å². The number of rotatable bonds is 22. The van der Waals surface area contributed by atoms with Crippen LogP contribution in [0.5, 0.6) is 11.5 Å². The number of azo groups is 2. The van der Waals surface area contributed by atoms with Gasteiger partial charge in [0.25, 0.3) is 50.6 Å². The van der Waals surface area contributed by atoms with Crippen LogP contribution in [-0.2, 0) is 50.6 Å². The Kier molecular flexibility index (Phi) is 17.7. The van der Waals surface area contributed by atoms with E-state index < -0.39 is 109 Å². The summed E-state index contributed by atoms with van der Waals surface area (Å²) in [4.78, 5) is 11.2. The average molecular weight is 1140 g/mol. The minimum Gasteiger partial charge on any atom is -0.490 e. The Hall–Kier alpha value is -5.20. The summed E-state index contributed by atoms with van der Waals surface area (Å²) in [5, 5.41) is 22.8. The van der Waals surface area contributed by atoms with Gasteiger partial charge < -0.3 is 25.4 Å². The van der Waals surface area contributed by atoms with Gasteiger partial charge in [0.2, 0.25) is 17.8 Å². The van der Waals surface area contributed by atoms with Gasteiger partial charge in [-0.2, -0.15) is 67.3 Å². The SMILES string of the molecule is O=S(=O)(O)CCNc1nc(Nc2cc(Cl)c(N=Nc3ccc(Cl)c(S(=O)(=O)O)c3)cc2OCCS(=O)(=O)O)nc(Nc2cc(Cl)c(N=Nc3ccc(Cl)c(S(=O)(=O)O)c3)cc2OCCS(=O)(=O)O)n1. The third-order valence-electron chi connectivity index (χ3n) is 8.00. The molecule has 372 valence electrons. The number of nitrogens with zero attached hydrogens (tertiary/aromatic N) is 7. The highest BCUT2D eigenvalue weighted by molar-refractivity contribution is 7.86. The smallest absolute Gasteiger partial charge is 0.296 e. The standard InChI is InChI=1S/C33H30Cl4N10O17S5/c34-19-3-1-17(11-29(19)68(57,58)59)44-46-23-15-27(63-6-9-66(51,52)53)25(13-21(23)36)39-32-41-31(38-5-8-65(48,49)50)42-33(43-32)40-26-14-22(37)24(16-28(26)64-7-10-67(54,55)56)47-45-18-2-4-20(35)30(12-18)69(60,61)62/h1-4,11-16H,5-10H2,(H,48,49,50)(H,51,52,53)(H,54,55,56)(H,57,58,59)(H,60,61,62)(H3,38,39,40,41,42,43). The molecule has 5 rings (SSSR count). The molecule has 0 aliphatic heterocycles. The monoisotopic (exact) mass is 1140 g/mol. The fourth-order valence-electron chi connectivity index (χ4n) is 5.01. The average Bonchev–Trinajstić information content (AvgIpc) is 3.20. The molecule has 27 nitrogen and oxygen atoms in total. The molecule has 0 unspecified atom stereocenters. The van der Waals surface area contributed by atoms with Crippen molar-refractivity contribution in [2.45, 2.75) is 9.79 Å². The van der Waals surface area contributed by atoms with Crippen molar-refractivity contribution in [1.29, 1.82) is 0 Å². The second kappa shape index (κ2) is 22.3. The van der Waals surface area contributed by atoms with Crippen molar-refractivity contribution in [3.63, 3.8) is 0 Å². The van der Waals surface area contributed by atoms with Crippen molar-refractivity contribution >= 4 is 149 Å². The second-order valence-electron chi connectivity index (χ2n) is 13.2. The molecule has 0 amide bonds. The molecule has 5 aromatic rings. The van der Waals surface area contributed by atoms with Crippen molar-refractivity contribution in [2.24, 2.45) is 20.5 Å². The molecule has 0 saturated heterocycles. The summed E-state index contributed by atoms with van der Waals surface area (Å²) in [6, 6.07) is 11.1. The van der Waals surface area contributed by atoms with Gasteiger partial charge in [-0.15, -0.1) is 10.2 Å². The van der Waals surface area contributed by atoms with E-state index >= 15 is 0 Å². The van der Waals surface area contributed by atoms with E-state index in [0.29, 0.717) is 0 Å². The Labute approximate surface area is 411 Å². The van der Waals surface area contributed by atoms with Gasteiger partial charge in [0, 0.05) is 18.7 Å². The van der Waals surface area contributed by atoms with Gasteiger partial charge in [0.15, 0.2) is 0 Å². The van der Waals surface area contributed by atoms with Crippen molar-refractivity contribution in [1.82, 2.24) is 15.0 Å². The second-order valence-corrected chi connectivity index (χ2v) is 22.3. The number of hydrogen-bond acceptors (Lipinski definition) is 22. The lowest BCUT2D eigenvalue weighted by molar-refractivity contribution is 0.337. The Bertz CT molecular complexity index is 3230. The fraction of sp³-hybridized carbons (Fsp3) is 0.182. The van der Waals surface area contributed by atoms with Crippen LogP contribution in [0.25, 0.3) is 0 Å². The topological polar surface area (TPSA) is 415 Å². The van der Waals surface area contributed by atoms with Crippen LogP contribution in [0.15, 0.2) is 90.9 Å². The number of hydrogen-bond donors (Lipinski definition) is 8. The van der Waals surface area contributed by atoms with Crippen LogP contribution in [0.2, 0.25) is 20.1 Å². The molecular weight excluding hydrogens is 1110 g/mol. The van der Waals surface area contributed by atoms with Crippen LogP contribution in [0.3, 0.4) is 0 Å². The van der Waals surface area contributed by atoms with Gasteiger partial charge in [-0.25, -0.2) is 0 Å². The van der Waals surface area contributed by atoms with Crippen LogP contribution in [0.1, 0.15) is 0 Å². The van der Waals surface area contributed by atoms with Crippen molar-refractivity contribution in [3.8, 4) is 11.5 Å². The Morgan fingerprint density at radius 1 is 0.478 bits per heavy atom. The summed E-state index contributed by atoms with van der Waals surface area (Å²) in [7, 11) is -23.2. The van der Waals surface area contributed by atoms with E-state index in [1.165, 1.54) is 12.1 Å². The van der Waals surface area contributed by atoms with Crippen molar-refractivity contribution in [2.75, 3.05) is 53.0 Å².